The number of nitrogens with zero attached hydrogens (tertiary/aromatic N) is 2. The van der Waals surface area contributed by atoms with Gasteiger partial charge in [-0.25, -0.2) is 0 Å². The van der Waals surface area contributed by atoms with Gasteiger partial charge in [0.15, 0.2) is 0 Å². The summed E-state index contributed by atoms with van der Waals surface area (Å²) < 4.78 is 5.03. The molecule has 1 fully saturated rings. The molecule has 0 radical (unpaired) electrons. The number of hydrogen-bond acceptors (Lipinski definition) is 4. The molecule has 124 valence electrons. The zero-order valence-corrected chi connectivity index (χ0v) is 13.4. The molecule has 1 aromatic carbocycles. The lowest BCUT2D eigenvalue weighted by Gasteiger charge is -2.34. The van der Waals surface area contributed by atoms with Crippen LogP contribution < -0.4 is 10.1 Å². The first-order chi connectivity index (χ1) is 11.0. The summed E-state index contributed by atoms with van der Waals surface area (Å²) in [5.74, 6) is 0.240. The summed E-state index contributed by atoms with van der Waals surface area (Å²) >= 11 is 0. The number of ether oxygens (including phenoxy) is 1. The molecule has 1 saturated heterocycles. The number of carbonyl (C=O) groups is 3. The summed E-state index contributed by atoms with van der Waals surface area (Å²) in [4.78, 5) is 38.7. The largest absolute Gasteiger partial charge is 0.497 e. The smallest absolute Gasteiger partial charge is 0.251 e. The molecule has 0 bridgehead atoms. The van der Waals surface area contributed by atoms with E-state index in [0.717, 1.165) is 0 Å². The number of amides is 3. The van der Waals surface area contributed by atoms with Crippen molar-refractivity contribution in [2.75, 3.05) is 39.8 Å². The topological polar surface area (TPSA) is 79.0 Å². The molecule has 0 saturated carbocycles. The van der Waals surface area contributed by atoms with Crippen LogP contribution in [0.2, 0.25) is 0 Å². The molecule has 0 aliphatic carbocycles. The van der Waals surface area contributed by atoms with Crippen molar-refractivity contribution in [2.24, 2.45) is 0 Å². The maximum Gasteiger partial charge on any atom is 0.251 e. The number of benzene rings is 1. The molecule has 1 aliphatic rings. The van der Waals surface area contributed by atoms with Gasteiger partial charge in [-0.1, -0.05) is 0 Å². The van der Waals surface area contributed by atoms with Gasteiger partial charge in [0.05, 0.1) is 13.7 Å². The quantitative estimate of drug-likeness (QED) is 0.855. The van der Waals surface area contributed by atoms with Crippen molar-refractivity contribution in [1.82, 2.24) is 15.1 Å². The molecule has 0 spiro atoms. The molecule has 23 heavy (non-hydrogen) atoms. The molecule has 0 aromatic heterocycles. The lowest BCUT2D eigenvalue weighted by Crippen LogP contribution is -2.52. The second kappa shape index (κ2) is 7.62. The minimum absolute atomic E-state index is 0.0184. The Morgan fingerprint density at radius 3 is 2.13 bits per heavy atom. The minimum atomic E-state index is -0.302. The maximum atomic E-state index is 12.1. The van der Waals surface area contributed by atoms with Gasteiger partial charge in [0.2, 0.25) is 11.8 Å². The van der Waals surface area contributed by atoms with Crippen LogP contribution in [0.5, 0.6) is 5.75 Å². The predicted octanol–water partition coefficient (Wildman–Crippen LogP) is 0.116. The first-order valence-electron chi connectivity index (χ1n) is 7.47. The third kappa shape index (κ3) is 4.45. The van der Waals surface area contributed by atoms with Gasteiger partial charge >= 0.3 is 0 Å². The van der Waals surface area contributed by atoms with Crippen molar-refractivity contribution in [3.63, 3.8) is 0 Å². The van der Waals surface area contributed by atoms with Crippen molar-refractivity contribution in [3.05, 3.63) is 29.8 Å². The number of hydrogen-bond donors (Lipinski definition) is 1. The van der Waals surface area contributed by atoms with Gasteiger partial charge in [-0.15, -0.1) is 0 Å². The monoisotopic (exact) mass is 319 g/mol. The zero-order valence-electron chi connectivity index (χ0n) is 13.4. The number of rotatable bonds is 4. The second-order valence-corrected chi connectivity index (χ2v) is 5.30. The Morgan fingerprint density at radius 1 is 1.04 bits per heavy atom. The molecule has 3 amide bonds. The van der Waals surface area contributed by atoms with Gasteiger partial charge in [-0.05, 0) is 24.3 Å². The fourth-order valence-corrected chi connectivity index (χ4v) is 2.38. The third-order valence-electron chi connectivity index (χ3n) is 3.83. The SMILES string of the molecule is COc1ccc(C(=O)NCC(=O)N2CCN(C(C)=O)CC2)cc1. The number of carbonyl (C=O) groups excluding carboxylic acids is 3. The summed E-state index contributed by atoms with van der Waals surface area (Å²) in [6.45, 7) is 3.53. The Morgan fingerprint density at radius 2 is 1.61 bits per heavy atom. The van der Waals surface area contributed by atoms with Gasteiger partial charge in [-0.2, -0.15) is 0 Å². The summed E-state index contributed by atoms with van der Waals surface area (Å²) in [6, 6.07) is 6.67. The van der Waals surface area contributed by atoms with Gasteiger partial charge in [-0.3, -0.25) is 14.4 Å². The highest BCUT2D eigenvalue weighted by molar-refractivity contribution is 5.96. The van der Waals surface area contributed by atoms with Gasteiger partial charge < -0.3 is 19.9 Å². The Kier molecular flexibility index (Phi) is 5.56. The van der Waals surface area contributed by atoms with E-state index >= 15 is 0 Å². The summed E-state index contributed by atoms with van der Waals surface area (Å²) in [7, 11) is 1.56. The fourth-order valence-electron chi connectivity index (χ4n) is 2.38. The molecule has 1 aromatic rings. The number of nitrogens with one attached hydrogen (secondary N) is 1. The molecule has 7 nitrogen and oxygen atoms in total. The fraction of sp³-hybridized carbons (Fsp3) is 0.438. The van der Waals surface area contributed by atoms with Crippen LogP contribution in [0.4, 0.5) is 0 Å². The highest BCUT2D eigenvalue weighted by Crippen LogP contribution is 2.11. The Hall–Kier alpha value is -2.57. The van der Waals surface area contributed by atoms with E-state index in [0.29, 0.717) is 37.5 Å². The van der Waals surface area contributed by atoms with E-state index in [1.54, 1.807) is 41.2 Å². The van der Waals surface area contributed by atoms with Gasteiger partial charge in [0, 0.05) is 38.7 Å². The molecule has 0 unspecified atom stereocenters. The second-order valence-electron chi connectivity index (χ2n) is 5.30. The van der Waals surface area contributed by atoms with Crippen LogP contribution >= 0.6 is 0 Å². The van der Waals surface area contributed by atoms with Gasteiger partial charge in [0.25, 0.3) is 5.91 Å². The van der Waals surface area contributed by atoms with Crippen LogP contribution in [0.15, 0.2) is 24.3 Å². The first kappa shape index (κ1) is 16.8. The van der Waals surface area contributed by atoms with Crippen LogP contribution in [0.1, 0.15) is 17.3 Å². The minimum Gasteiger partial charge on any atom is -0.497 e. The first-order valence-corrected chi connectivity index (χ1v) is 7.47. The van der Waals surface area contributed by atoms with E-state index in [9.17, 15) is 14.4 Å². The Bertz CT molecular complexity index is 577. The average molecular weight is 319 g/mol. The summed E-state index contributed by atoms with van der Waals surface area (Å²) in [6.07, 6.45) is 0. The number of piperazine rings is 1. The van der Waals surface area contributed by atoms with Crippen molar-refractivity contribution in [2.45, 2.75) is 6.92 Å². The van der Waals surface area contributed by atoms with E-state index in [1.165, 1.54) is 6.92 Å². The molecule has 1 aliphatic heterocycles. The highest BCUT2D eigenvalue weighted by Gasteiger charge is 2.22. The summed E-state index contributed by atoms with van der Waals surface area (Å²) in [5.41, 5.74) is 0.472. The molecule has 0 atom stereocenters. The van der Waals surface area contributed by atoms with E-state index in [4.69, 9.17) is 4.74 Å². The highest BCUT2D eigenvalue weighted by atomic mass is 16.5. The zero-order chi connectivity index (χ0) is 16.8. The lowest BCUT2D eigenvalue weighted by molar-refractivity contribution is -0.137. The molecular weight excluding hydrogens is 298 g/mol. The van der Waals surface area contributed by atoms with E-state index < -0.39 is 0 Å². The van der Waals surface area contributed by atoms with Gasteiger partial charge in [0.1, 0.15) is 5.75 Å². The molecule has 2 rings (SSSR count). The van der Waals surface area contributed by atoms with E-state index in [-0.39, 0.29) is 24.3 Å². The van der Waals surface area contributed by atoms with Crippen LogP contribution in [-0.4, -0.2) is 67.4 Å². The van der Waals surface area contributed by atoms with Crippen LogP contribution in [0.25, 0.3) is 0 Å². The Balaban J connectivity index is 1.79. The maximum absolute atomic E-state index is 12.1. The summed E-state index contributed by atoms with van der Waals surface area (Å²) in [5, 5.41) is 2.62. The number of methoxy groups -OCH3 is 1. The predicted molar refractivity (Wildman–Crippen MR) is 84.2 cm³/mol. The molecule has 1 heterocycles. The van der Waals surface area contributed by atoms with Crippen molar-refractivity contribution >= 4 is 17.7 Å². The van der Waals surface area contributed by atoms with Crippen LogP contribution in [0.3, 0.4) is 0 Å². The third-order valence-corrected chi connectivity index (χ3v) is 3.83. The van der Waals surface area contributed by atoms with Crippen molar-refractivity contribution in [1.29, 1.82) is 0 Å². The standard InChI is InChI=1S/C16H21N3O4/c1-12(20)18-7-9-19(10-8-18)15(21)11-17-16(22)13-3-5-14(23-2)6-4-13/h3-6H,7-11H2,1-2H3,(H,17,22). The van der Waals surface area contributed by atoms with E-state index in [1.807, 2.05) is 0 Å². The molecule has 1 N–H and O–H groups in total. The van der Waals surface area contributed by atoms with Crippen molar-refractivity contribution < 1.29 is 19.1 Å². The normalized spacial score (nSPS) is 14.3. The molecular formula is C16H21N3O4. The van der Waals surface area contributed by atoms with Crippen molar-refractivity contribution in [3.8, 4) is 5.75 Å². The molecule has 7 heteroatoms. The van der Waals surface area contributed by atoms with E-state index in [2.05, 4.69) is 5.32 Å². The Labute approximate surface area is 135 Å². The van der Waals surface area contributed by atoms with Crippen LogP contribution in [-0.2, 0) is 9.59 Å². The van der Waals surface area contributed by atoms with Crippen LogP contribution in [0, 0.1) is 0 Å². The average Bonchev–Trinajstić information content (AvgIpc) is 2.59. The lowest BCUT2D eigenvalue weighted by atomic mass is 10.2.